The molecule has 0 spiro atoms. The molecule has 1 rings (SSSR count). The van der Waals surface area contributed by atoms with Gasteiger partial charge in [-0.1, -0.05) is 12.1 Å². The highest BCUT2D eigenvalue weighted by atomic mass is 19.4. The van der Waals surface area contributed by atoms with Crippen molar-refractivity contribution in [2.45, 2.75) is 32.2 Å². The van der Waals surface area contributed by atoms with Crippen LogP contribution in [0.5, 0.6) is 5.75 Å². The van der Waals surface area contributed by atoms with Gasteiger partial charge in [0.1, 0.15) is 5.75 Å². The van der Waals surface area contributed by atoms with Crippen LogP contribution in [0.1, 0.15) is 24.8 Å². The molecular formula is C14H20F3NO2. The van der Waals surface area contributed by atoms with Crippen molar-refractivity contribution in [2.75, 3.05) is 20.3 Å². The summed E-state index contributed by atoms with van der Waals surface area (Å²) in [6, 6.07) is 6.00. The number of halogens is 3. The minimum atomic E-state index is -4.65. The molecule has 0 aliphatic heterocycles. The van der Waals surface area contributed by atoms with Crippen molar-refractivity contribution in [3.8, 4) is 5.75 Å². The summed E-state index contributed by atoms with van der Waals surface area (Å²) < 4.78 is 45.1. The molecule has 0 bridgehead atoms. The van der Waals surface area contributed by atoms with Gasteiger partial charge in [0, 0.05) is 20.3 Å². The third-order valence-electron chi connectivity index (χ3n) is 2.66. The Morgan fingerprint density at radius 2 is 1.95 bits per heavy atom. The predicted octanol–water partition coefficient (Wildman–Crippen LogP) is 3.49. The van der Waals surface area contributed by atoms with Crippen molar-refractivity contribution in [3.05, 3.63) is 29.8 Å². The van der Waals surface area contributed by atoms with Crippen molar-refractivity contribution in [1.82, 2.24) is 5.32 Å². The summed E-state index contributed by atoms with van der Waals surface area (Å²) in [7, 11) is 1.67. The number of hydrogen-bond donors (Lipinski definition) is 1. The molecule has 0 aliphatic rings. The van der Waals surface area contributed by atoms with E-state index in [9.17, 15) is 13.2 Å². The quantitative estimate of drug-likeness (QED) is 0.706. The number of methoxy groups -OCH3 is 1. The molecule has 1 aromatic carbocycles. The number of nitrogens with one attached hydrogen (secondary N) is 1. The molecule has 0 atom stereocenters. The van der Waals surface area contributed by atoms with Crippen LogP contribution >= 0.6 is 0 Å². The fraction of sp³-hybridized carbons (Fsp3) is 0.571. The molecule has 0 aliphatic carbocycles. The molecule has 0 saturated carbocycles. The normalized spacial score (nSPS) is 11.6. The summed E-state index contributed by atoms with van der Waals surface area (Å²) in [6.07, 6.45) is -1.54. The molecule has 0 saturated heterocycles. The number of alkyl halides is 3. The number of ether oxygens (including phenoxy) is 2. The topological polar surface area (TPSA) is 30.5 Å². The van der Waals surface area contributed by atoms with E-state index in [1.165, 1.54) is 12.1 Å². The van der Waals surface area contributed by atoms with Gasteiger partial charge in [-0.3, -0.25) is 0 Å². The second-order valence-corrected chi connectivity index (χ2v) is 4.43. The second kappa shape index (κ2) is 8.81. The Balaban J connectivity index is 2.25. The van der Waals surface area contributed by atoms with Gasteiger partial charge in [0.15, 0.2) is 0 Å². The Morgan fingerprint density at radius 1 is 1.15 bits per heavy atom. The van der Waals surface area contributed by atoms with Crippen LogP contribution in [0.4, 0.5) is 13.2 Å². The zero-order valence-electron chi connectivity index (χ0n) is 11.5. The van der Waals surface area contributed by atoms with Crippen LogP contribution in [-0.2, 0) is 11.3 Å². The standard InChI is InChI=1S/C14H20F3NO2/c1-19-9-4-2-3-8-18-11-12-6-5-7-13(10-12)20-14(15,16)17/h5-7,10,18H,2-4,8-9,11H2,1H3. The third kappa shape index (κ3) is 8.01. The van der Waals surface area contributed by atoms with E-state index in [1.54, 1.807) is 19.2 Å². The fourth-order valence-electron chi connectivity index (χ4n) is 1.76. The highest BCUT2D eigenvalue weighted by Crippen LogP contribution is 2.23. The third-order valence-corrected chi connectivity index (χ3v) is 2.66. The lowest BCUT2D eigenvalue weighted by molar-refractivity contribution is -0.274. The Kier molecular flexibility index (Phi) is 7.40. The van der Waals surface area contributed by atoms with Crippen LogP contribution in [0.3, 0.4) is 0 Å². The molecule has 0 heterocycles. The van der Waals surface area contributed by atoms with Crippen LogP contribution in [0.2, 0.25) is 0 Å². The average Bonchev–Trinajstić information content (AvgIpc) is 2.36. The Labute approximate surface area is 117 Å². The first kappa shape index (κ1) is 16.8. The van der Waals surface area contributed by atoms with Crippen molar-refractivity contribution in [2.24, 2.45) is 0 Å². The maximum absolute atomic E-state index is 12.1. The molecule has 0 fully saturated rings. The molecule has 3 nitrogen and oxygen atoms in total. The van der Waals surface area contributed by atoms with Crippen LogP contribution in [0, 0.1) is 0 Å². The lowest BCUT2D eigenvalue weighted by Crippen LogP contribution is -2.18. The molecule has 0 amide bonds. The minimum absolute atomic E-state index is 0.183. The summed E-state index contributed by atoms with van der Waals surface area (Å²) in [6.45, 7) is 2.12. The molecule has 20 heavy (non-hydrogen) atoms. The van der Waals surface area contributed by atoms with Gasteiger partial charge in [0.25, 0.3) is 0 Å². The van der Waals surface area contributed by atoms with Crippen LogP contribution in [0.15, 0.2) is 24.3 Å². The first-order chi connectivity index (χ1) is 9.51. The van der Waals surface area contributed by atoms with E-state index in [0.717, 1.165) is 38.0 Å². The van der Waals surface area contributed by atoms with Gasteiger partial charge in [0.2, 0.25) is 0 Å². The van der Waals surface area contributed by atoms with E-state index in [4.69, 9.17) is 4.74 Å². The van der Waals surface area contributed by atoms with Gasteiger partial charge < -0.3 is 14.8 Å². The Morgan fingerprint density at radius 3 is 2.65 bits per heavy atom. The minimum Gasteiger partial charge on any atom is -0.406 e. The predicted molar refractivity (Wildman–Crippen MR) is 70.6 cm³/mol. The van der Waals surface area contributed by atoms with Gasteiger partial charge in [-0.25, -0.2) is 0 Å². The summed E-state index contributed by atoms with van der Waals surface area (Å²) in [5, 5.41) is 3.19. The summed E-state index contributed by atoms with van der Waals surface area (Å²) in [4.78, 5) is 0. The zero-order valence-corrected chi connectivity index (χ0v) is 11.5. The first-order valence-corrected chi connectivity index (χ1v) is 6.55. The summed E-state index contributed by atoms with van der Waals surface area (Å²) in [5.74, 6) is -0.183. The van der Waals surface area contributed by atoms with E-state index >= 15 is 0 Å². The number of rotatable bonds is 9. The van der Waals surface area contributed by atoms with Crippen molar-refractivity contribution in [1.29, 1.82) is 0 Å². The van der Waals surface area contributed by atoms with E-state index in [0.29, 0.717) is 6.54 Å². The smallest absolute Gasteiger partial charge is 0.406 e. The van der Waals surface area contributed by atoms with Crippen molar-refractivity contribution >= 4 is 0 Å². The summed E-state index contributed by atoms with van der Waals surface area (Å²) in [5.41, 5.74) is 0.767. The highest BCUT2D eigenvalue weighted by molar-refractivity contribution is 5.28. The molecule has 0 aromatic heterocycles. The first-order valence-electron chi connectivity index (χ1n) is 6.55. The van der Waals surface area contributed by atoms with Crippen LogP contribution < -0.4 is 10.1 Å². The van der Waals surface area contributed by atoms with Gasteiger partial charge in [-0.2, -0.15) is 0 Å². The lowest BCUT2D eigenvalue weighted by atomic mass is 10.2. The Hall–Kier alpha value is -1.27. The molecule has 114 valence electrons. The molecule has 0 unspecified atom stereocenters. The van der Waals surface area contributed by atoms with Gasteiger partial charge in [-0.05, 0) is 43.5 Å². The molecule has 1 N–H and O–H groups in total. The van der Waals surface area contributed by atoms with E-state index in [-0.39, 0.29) is 5.75 Å². The maximum atomic E-state index is 12.1. The van der Waals surface area contributed by atoms with E-state index in [2.05, 4.69) is 10.1 Å². The van der Waals surface area contributed by atoms with Gasteiger partial charge in [0.05, 0.1) is 0 Å². The lowest BCUT2D eigenvalue weighted by Gasteiger charge is -2.10. The van der Waals surface area contributed by atoms with Crippen LogP contribution in [0.25, 0.3) is 0 Å². The van der Waals surface area contributed by atoms with Crippen molar-refractivity contribution in [3.63, 3.8) is 0 Å². The van der Waals surface area contributed by atoms with E-state index in [1.807, 2.05) is 0 Å². The number of unbranched alkanes of at least 4 members (excludes halogenated alkanes) is 2. The fourth-order valence-corrected chi connectivity index (χ4v) is 1.76. The number of benzene rings is 1. The van der Waals surface area contributed by atoms with E-state index < -0.39 is 6.36 Å². The largest absolute Gasteiger partial charge is 0.573 e. The molecular weight excluding hydrogens is 271 g/mol. The number of hydrogen-bond acceptors (Lipinski definition) is 3. The molecule has 0 radical (unpaired) electrons. The molecule has 1 aromatic rings. The summed E-state index contributed by atoms with van der Waals surface area (Å²) >= 11 is 0. The maximum Gasteiger partial charge on any atom is 0.573 e. The highest BCUT2D eigenvalue weighted by Gasteiger charge is 2.31. The zero-order chi connectivity index (χ0) is 14.8. The van der Waals surface area contributed by atoms with Gasteiger partial charge >= 0.3 is 6.36 Å². The average molecular weight is 291 g/mol. The van der Waals surface area contributed by atoms with Crippen LogP contribution in [-0.4, -0.2) is 26.6 Å². The molecule has 6 heteroatoms. The van der Waals surface area contributed by atoms with Gasteiger partial charge in [-0.15, -0.1) is 13.2 Å². The Bertz CT molecular complexity index is 383. The SMILES string of the molecule is COCCCCCNCc1cccc(OC(F)(F)F)c1. The monoisotopic (exact) mass is 291 g/mol. The second-order valence-electron chi connectivity index (χ2n) is 4.43. The van der Waals surface area contributed by atoms with Crippen molar-refractivity contribution < 1.29 is 22.6 Å².